The predicted molar refractivity (Wildman–Crippen MR) is 78.9 cm³/mol. The lowest BCUT2D eigenvalue weighted by molar-refractivity contribution is -0.147. The van der Waals surface area contributed by atoms with E-state index in [0.29, 0.717) is 18.9 Å². The molecule has 1 fully saturated rings. The van der Waals surface area contributed by atoms with E-state index in [1.54, 1.807) is 25.2 Å². The van der Waals surface area contributed by atoms with Crippen LogP contribution in [-0.4, -0.2) is 23.5 Å². The van der Waals surface area contributed by atoms with Crippen molar-refractivity contribution in [1.29, 1.82) is 0 Å². The minimum absolute atomic E-state index is 0.0592. The summed E-state index contributed by atoms with van der Waals surface area (Å²) in [5.41, 5.74) is 0.475. The highest BCUT2D eigenvalue weighted by Gasteiger charge is 2.45. The van der Waals surface area contributed by atoms with Gasteiger partial charge in [0, 0.05) is 23.3 Å². The highest BCUT2D eigenvalue weighted by Crippen LogP contribution is 2.50. The average molecular weight is 295 g/mol. The van der Waals surface area contributed by atoms with Crippen molar-refractivity contribution in [1.82, 2.24) is 5.32 Å². The number of aryl methyl sites for hydroxylation is 1. The third-order valence-corrected chi connectivity index (χ3v) is 5.14. The summed E-state index contributed by atoms with van der Waals surface area (Å²) in [7, 11) is 0. The van der Waals surface area contributed by atoms with Crippen LogP contribution in [0.1, 0.15) is 43.0 Å². The molecule has 2 unspecified atom stereocenters. The second kappa shape index (κ2) is 5.56. The SMILES string of the molecule is Cc1ccsc1C1CC1C(=O)NCCC(C)(C)C(=O)O. The molecule has 1 heterocycles. The van der Waals surface area contributed by atoms with Gasteiger partial charge >= 0.3 is 5.97 Å². The molecule has 0 saturated heterocycles. The molecule has 1 amide bonds. The average Bonchev–Trinajstić information content (AvgIpc) is 3.04. The van der Waals surface area contributed by atoms with E-state index in [1.165, 1.54) is 10.4 Å². The van der Waals surface area contributed by atoms with Crippen LogP contribution in [-0.2, 0) is 9.59 Å². The molecule has 0 aromatic carbocycles. The first kappa shape index (κ1) is 15.0. The number of carbonyl (C=O) groups is 2. The molecule has 20 heavy (non-hydrogen) atoms. The number of aliphatic carboxylic acids is 1. The lowest BCUT2D eigenvalue weighted by Crippen LogP contribution is -2.32. The molecule has 0 spiro atoms. The zero-order valence-corrected chi connectivity index (χ0v) is 12.9. The van der Waals surface area contributed by atoms with Crippen molar-refractivity contribution in [2.75, 3.05) is 6.54 Å². The van der Waals surface area contributed by atoms with Crippen molar-refractivity contribution in [2.24, 2.45) is 11.3 Å². The van der Waals surface area contributed by atoms with E-state index in [9.17, 15) is 9.59 Å². The lowest BCUT2D eigenvalue weighted by Gasteiger charge is -2.18. The van der Waals surface area contributed by atoms with Gasteiger partial charge in [0.1, 0.15) is 0 Å². The smallest absolute Gasteiger partial charge is 0.309 e. The Balaban J connectivity index is 1.78. The molecule has 0 radical (unpaired) electrons. The Morgan fingerprint density at radius 2 is 2.20 bits per heavy atom. The van der Waals surface area contributed by atoms with Crippen molar-refractivity contribution < 1.29 is 14.7 Å². The Morgan fingerprint density at radius 1 is 1.50 bits per heavy atom. The van der Waals surface area contributed by atoms with E-state index >= 15 is 0 Å². The van der Waals surface area contributed by atoms with Crippen molar-refractivity contribution in [2.45, 2.75) is 39.5 Å². The molecular weight excluding hydrogens is 274 g/mol. The molecule has 2 N–H and O–H groups in total. The van der Waals surface area contributed by atoms with Crippen molar-refractivity contribution in [3.05, 3.63) is 21.9 Å². The van der Waals surface area contributed by atoms with Gasteiger partial charge in [-0.2, -0.15) is 0 Å². The van der Waals surface area contributed by atoms with Gasteiger partial charge < -0.3 is 10.4 Å². The van der Waals surface area contributed by atoms with Gasteiger partial charge in [0.2, 0.25) is 5.91 Å². The first-order valence-electron chi connectivity index (χ1n) is 6.88. The van der Waals surface area contributed by atoms with Gasteiger partial charge in [-0.1, -0.05) is 0 Å². The third-order valence-electron chi connectivity index (χ3n) is 3.99. The van der Waals surface area contributed by atoms with E-state index in [2.05, 4.69) is 23.7 Å². The van der Waals surface area contributed by atoms with E-state index in [-0.39, 0.29) is 11.8 Å². The van der Waals surface area contributed by atoms with Crippen LogP contribution in [0.15, 0.2) is 11.4 Å². The van der Waals surface area contributed by atoms with Gasteiger partial charge in [0.05, 0.1) is 5.41 Å². The first-order valence-corrected chi connectivity index (χ1v) is 7.76. The molecular formula is C15H21NO3S. The van der Waals surface area contributed by atoms with Crippen molar-refractivity contribution in [3.63, 3.8) is 0 Å². The maximum absolute atomic E-state index is 12.0. The fraction of sp³-hybridized carbons (Fsp3) is 0.600. The monoisotopic (exact) mass is 295 g/mol. The third kappa shape index (κ3) is 3.20. The standard InChI is InChI=1S/C15H21NO3S/c1-9-4-7-20-12(9)10-8-11(10)13(17)16-6-5-15(2,3)14(18)19/h4,7,10-11H,5-6,8H2,1-3H3,(H,16,17)(H,18,19). The van der Waals surface area contributed by atoms with E-state index < -0.39 is 11.4 Å². The van der Waals surface area contributed by atoms with Gasteiger partial charge in [-0.15, -0.1) is 11.3 Å². The minimum Gasteiger partial charge on any atom is -0.481 e. The summed E-state index contributed by atoms with van der Waals surface area (Å²) in [5, 5.41) is 13.9. The number of carboxylic acids is 1. The topological polar surface area (TPSA) is 66.4 Å². The van der Waals surface area contributed by atoms with Crippen LogP contribution >= 0.6 is 11.3 Å². The lowest BCUT2D eigenvalue weighted by atomic mass is 9.90. The van der Waals surface area contributed by atoms with Crippen LogP contribution < -0.4 is 5.32 Å². The van der Waals surface area contributed by atoms with E-state index in [0.717, 1.165) is 6.42 Å². The van der Waals surface area contributed by atoms with Gasteiger partial charge in [-0.05, 0) is 50.6 Å². The summed E-state index contributed by atoms with van der Waals surface area (Å²) in [5.74, 6) is -0.336. The molecule has 0 aliphatic heterocycles. The van der Waals surface area contributed by atoms with Gasteiger partial charge in [0.25, 0.3) is 0 Å². The number of amides is 1. The van der Waals surface area contributed by atoms with Gasteiger partial charge in [-0.25, -0.2) is 0 Å². The Morgan fingerprint density at radius 3 is 2.75 bits per heavy atom. The Bertz CT molecular complexity index is 521. The molecule has 1 aromatic heterocycles. The van der Waals surface area contributed by atoms with Gasteiger partial charge in [0.15, 0.2) is 0 Å². The zero-order valence-electron chi connectivity index (χ0n) is 12.1. The molecule has 4 nitrogen and oxygen atoms in total. The van der Waals surface area contributed by atoms with Crippen LogP contribution in [0.5, 0.6) is 0 Å². The molecule has 5 heteroatoms. The molecule has 110 valence electrons. The normalized spacial score (nSPS) is 21.6. The zero-order chi connectivity index (χ0) is 14.9. The Labute approximate surface area is 123 Å². The maximum Gasteiger partial charge on any atom is 0.309 e. The van der Waals surface area contributed by atoms with Crippen LogP contribution in [0, 0.1) is 18.3 Å². The van der Waals surface area contributed by atoms with Gasteiger partial charge in [-0.3, -0.25) is 9.59 Å². The predicted octanol–water partition coefficient (Wildman–Crippen LogP) is 2.78. The fourth-order valence-electron chi connectivity index (χ4n) is 2.28. The second-order valence-corrected chi connectivity index (χ2v) is 7.09. The number of rotatable bonds is 6. The summed E-state index contributed by atoms with van der Waals surface area (Å²) in [6.07, 6.45) is 1.36. The van der Waals surface area contributed by atoms with E-state index in [4.69, 9.17) is 5.11 Å². The number of carboxylic acid groups (broad SMARTS) is 1. The quantitative estimate of drug-likeness (QED) is 0.848. The number of carbonyl (C=O) groups excluding carboxylic acids is 1. The van der Waals surface area contributed by atoms with Crippen molar-refractivity contribution >= 4 is 23.2 Å². The highest BCUT2D eigenvalue weighted by molar-refractivity contribution is 7.10. The Kier molecular flexibility index (Phi) is 4.18. The summed E-state index contributed by atoms with van der Waals surface area (Å²) >= 11 is 1.72. The summed E-state index contributed by atoms with van der Waals surface area (Å²) in [6, 6.07) is 2.09. The molecule has 2 rings (SSSR count). The molecule has 1 aliphatic carbocycles. The molecule has 1 aliphatic rings. The first-order chi connectivity index (χ1) is 9.33. The number of hydrogen-bond donors (Lipinski definition) is 2. The fourth-order valence-corrected chi connectivity index (χ4v) is 3.38. The summed E-state index contributed by atoms with van der Waals surface area (Å²) < 4.78 is 0. The van der Waals surface area contributed by atoms with Crippen LogP contribution in [0.25, 0.3) is 0 Å². The summed E-state index contributed by atoms with van der Waals surface area (Å²) in [6.45, 7) is 5.85. The molecule has 0 bridgehead atoms. The van der Waals surface area contributed by atoms with Crippen molar-refractivity contribution in [3.8, 4) is 0 Å². The molecule has 2 atom stereocenters. The Hall–Kier alpha value is -1.36. The van der Waals surface area contributed by atoms with Crippen LogP contribution in [0.3, 0.4) is 0 Å². The maximum atomic E-state index is 12.0. The molecule has 1 saturated carbocycles. The highest BCUT2D eigenvalue weighted by atomic mass is 32.1. The minimum atomic E-state index is -0.828. The second-order valence-electron chi connectivity index (χ2n) is 6.15. The number of nitrogens with one attached hydrogen (secondary N) is 1. The number of hydrogen-bond acceptors (Lipinski definition) is 3. The molecule has 1 aromatic rings. The summed E-state index contributed by atoms with van der Waals surface area (Å²) in [4.78, 5) is 24.3. The number of thiophene rings is 1. The van der Waals surface area contributed by atoms with Crippen LogP contribution in [0.4, 0.5) is 0 Å². The largest absolute Gasteiger partial charge is 0.481 e. The van der Waals surface area contributed by atoms with E-state index in [1.807, 2.05) is 0 Å². The van der Waals surface area contributed by atoms with Crippen LogP contribution in [0.2, 0.25) is 0 Å².